The Morgan fingerprint density at radius 2 is 1.86 bits per heavy atom. The molecule has 0 fully saturated rings. The number of ether oxygens (including phenoxy) is 1. The van der Waals surface area contributed by atoms with E-state index in [1.54, 1.807) is 31.2 Å². The summed E-state index contributed by atoms with van der Waals surface area (Å²) < 4.78 is 7.13. The van der Waals surface area contributed by atoms with E-state index in [2.05, 4.69) is 34.8 Å². The summed E-state index contributed by atoms with van der Waals surface area (Å²) in [6, 6.07) is 14.7. The van der Waals surface area contributed by atoms with E-state index in [4.69, 9.17) is 4.74 Å². The number of nitrogens with zero attached hydrogens (tertiary/aromatic N) is 2. The van der Waals surface area contributed by atoms with Gasteiger partial charge in [0.25, 0.3) is 0 Å². The zero-order valence-corrected chi connectivity index (χ0v) is 17.7. The highest BCUT2D eigenvalue weighted by molar-refractivity contribution is 7.99. The van der Waals surface area contributed by atoms with Crippen molar-refractivity contribution in [3.63, 3.8) is 0 Å². The number of hydrogen-bond acceptors (Lipinski definition) is 5. The van der Waals surface area contributed by atoms with Crippen LogP contribution in [-0.2, 0) is 16.1 Å². The predicted molar refractivity (Wildman–Crippen MR) is 116 cm³/mol. The van der Waals surface area contributed by atoms with Crippen LogP contribution < -0.4 is 5.32 Å². The predicted octanol–water partition coefficient (Wildman–Crippen LogP) is 4.60. The lowest BCUT2D eigenvalue weighted by molar-refractivity contribution is -0.113. The number of anilines is 1. The molecule has 2 aromatic carbocycles. The first-order valence-electron chi connectivity index (χ1n) is 9.63. The second kappa shape index (κ2) is 9.60. The van der Waals surface area contributed by atoms with Gasteiger partial charge in [-0.05, 0) is 49.2 Å². The van der Waals surface area contributed by atoms with Crippen molar-refractivity contribution in [3.8, 4) is 0 Å². The van der Waals surface area contributed by atoms with Gasteiger partial charge in [0, 0.05) is 12.2 Å². The minimum Gasteiger partial charge on any atom is -0.462 e. The summed E-state index contributed by atoms with van der Waals surface area (Å²) >= 11 is 1.42. The van der Waals surface area contributed by atoms with E-state index in [0.717, 1.165) is 22.7 Å². The fraction of sp³-hybridized carbons (Fsp3) is 0.318. The first kappa shape index (κ1) is 20.9. The van der Waals surface area contributed by atoms with Gasteiger partial charge in [0.15, 0.2) is 5.16 Å². The van der Waals surface area contributed by atoms with Crippen molar-refractivity contribution >= 4 is 40.4 Å². The highest BCUT2D eigenvalue weighted by Crippen LogP contribution is 2.25. The minimum atomic E-state index is -0.370. The molecule has 1 amide bonds. The normalized spacial score (nSPS) is 11.0. The van der Waals surface area contributed by atoms with Crippen LogP contribution in [0.3, 0.4) is 0 Å². The summed E-state index contributed by atoms with van der Waals surface area (Å²) in [6.07, 6.45) is 0. The standard InChI is InChI=1S/C22H25N3O3S/c1-4-28-21(27)16-9-11-17(12-10-16)23-20(26)14-29-22-24-18-7-5-6-8-19(18)25(22)13-15(2)3/h5-12,15H,4,13-14H2,1-3H3,(H,23,26). The third kappa shape index (κ3) is 5.38. The molecule has 152 valence electrons. The Bertz CT molecular complexity index is 996. The largest absolute Gasteiger partial charge is 0.462 e. The Hall–Kier alpha value is -2.80. The molecule has 0 unspecified atom stereocenters. The molecule has 6 nitrogen and oxygen atoms in total. The monoisotopic (exact) mass is 411 g/mol. The van der Waals surface area contributed by atoms with Crippen molar-refractivity contribution in [2.75, 3.05) is 17.7 Å². The fourth-order valence-corrected chi connectivity index (χ4v) is 3.76. The van der Waals surface area contributed by atoms with Gasteiger partial charge in [0.05, 0.1) is 29.0 Å². The third-order valence-electron chi connectivity index (χ3n) is 4.18. The van der Waals surface area contributed by atoms with E-state index in [-0.39, 0.29) is 17.6 Å². The molecule has 3 rings (SSSR count). The number of fused-ring (bicyclic) bond motifs is 1. The summed E-state index contributed by atoms with van der Waals surface area (Å²) in [4.78, 5) is 28.8. The van der Waals surface area contributed by atoms with E-state index in [1.807, 2.05) is 18.2 Å². The number of imidazole rings is 1. The minimum absolute atomic E-state index is 0.123. The molecule has 0 aliphatic heterocycles. The SMILES string of the molecule is CCOC(=O)c1ccc(NC(=O)CSc2nc3ccccc3n2CC(C)C)cc1. The van der Waals surface area contributed by atoms with E-state index >= 15 is 0 Å². The number of carbonyl (C=O) groups is 2. The number of aromatic nitrogens is 2. The Kier molecular flexibility index (Phi) is 6.93. The number of benzene rings is 2. The lowest BCUT2D eigenvalue weighted by atomic mass is 10.2. The maximum Gasteiger partial charge on any atom is 0.338 e. The molecule has 1 aromatic heterocycles. The van der Waals surface area contributed by atoms with Gasteiger partial charge < -0.3 is 14.6 Å². The van der Waals surface area contributed by atoms with Crippen LogP contribution >= 0.6 is 11.8 Å². The molecule has 0 aliphatic rings. The van der Waals surface area contributed by atoms with Crippen LogP contribution in [-0.4, -0.2) is 33.8 Å². The van der Waals surface area contributed by atoms with Crippen LogP contribution in [0, 0.1) is 5.92 Å². The van der Waals surface area contributed by atoms with Gasteiger partial charge in [0.2, 0.25) is 5.91 Å². The molecule has 0 spiro atoms. The number of carbonyl (C=O) groups excluding carboxylic acids is 2. The molecule has 1 N–H and O–H groups in total. The van der Waals surface area contributed by atoms with Crippen molar-refractivity contribution in [3.05, 3.63) is 54.1 Å². The summed E-state index contributed by atoms with van der Waals surface area (Å²) in [5.41, 5.74) is 3.12. The number of thioether (sulfide) groups is 1. The molecular weight excluding hydrogens is 386 g/mol. The average Bonchev–Trinajstić information content (AvgIpc) is 3.04. The van der Waals surface area contributed by atoms with Crippen LogP contribution in [0.2, 0.25) is 0 Å². The maximum absolute atomic E-state index is 12.4. The summed E-state index contributed by atoms with van der Waals surface area (Å²) in [5.74, 6) is 0.229. The van der Waals surface area contributed by atoms with Crippen LogP contribution in [0.25, 0.3) is 11.0 Å². The molecule has 7 heteroatoms. The molecule has 0 aliphatic carbocycles. The van der Waals surface area contributed by atoms with E-state index in [1.165, 1.54) is 11.8 Å². The van der Waals surface area contributed by atoms with E-state index < -0.39 is 0 Å². The zero-order valence-electron chi connectivity index (χ0n) is 16.8. The van der Waals surface area contributed by atoms with Crippen molar-refractivity contribution in [1.82, 2.24) is 9.55 Å². The van der Waals surface area contributed by atoms with E-state index in [0.29, 0.717) is 23.8 Å². The summed E-state index contributed by atoms with van der Waals surface area (Å²) in [6.45, 7) is 7.27. The highest BCUT2D eigenvalue weighted by Gasteiger charge is 2.14. The van der Waals surface area contributed by atoms with Crippen molar-refractivity contribution < 1.29 is 14.3 Å². The molecule has 0 saturated heterocycles. The molecular formula is C22H25N3O3S. The van der Waals surface area contributed by atoms with Crippen molar-refractivity contribution in [2.24, 2.45) is 5.92 Å². The number of para-hydroxylation sites is 2. The Balaban J connectivity index is 1.64. The van der Waals surface area contributed by atoms with Crippen LogP contribution in [0.5, 0.6) is 0 Å². The van der Waals surface area contributed by atoms with E-state index in [9.17, 15) is 9.59 Å². The number of nitrogens with one attached hydrogen (secondary N) is 1. The highest BCUT2D eigenvalue weighted by atomic mass is 32.2. The van der Waals surface area contributed by atoms with Gasteiger partial charge in [-0.15, -0.1) is 0 Å². The molecule has 0 atom stereocenters. The Labute approximate surface area is 174 Å². The molecule has 3 aromatic rings. The number of amides is 1. The van der Waals surface area contributed by atoms with Gasteiger partial charge >= 0.3 is 5.97 Å². The number of esters is 1. The maximum atomic E-state index is 12.4. The second-order valence-electron chi connectivity index (χ2n) is 7.02. The molecule has 0 radical (unpaired) electrons. The summed E-state index contributed by atoms with van der Waals surface area (Å²) in [5, 5.41) is 3.70. The number of hydrogen-bond donors (Lipinski definition) is 1. The van der Waals surface area contributed by atoms with Gasteiger partial charge in [-0.3, -0.25) is 4.79 Å². The topological polar surface area (TPSA) is 73.2 Å². The Morgan fingerprint density at radius 3 is 2.55 bits per heavy atom. The third-order valence-corrected chi connectivity index (χ3v) is 5.16. The smallest absolute Gasteiger partial charge is 0.338 e. The van der Waals surface area contributed by atoms with Gasteiger partial charge in [-0.1, -0.05) is 37.7 Å². The first-order valence-corrected chi connectivity index (χ1v) is 10.6. The first-order chi connectivity index (χ1) is 14.0. The van der Waals surface area contributed by atoms with Crippen molar-refractivity contribution in [1.29, 1.82) is 0 Å². The van der Waals surface area contributed by atoms with Crippen LogP contribution in [0.1, 0.15) is 31.1 Å². The quantitative estimate of drug-likeness (QED) is 0.433. The molecule has 0 bridgehead atoms. The second-order valence-corrected chi connectivity index (χ2v) is 7.96. The molecule has 0 saturated carbocycles. The van der Waals surface area contributed by atoms with Gasteiger partial charge in [-0.2, -0.15) is 0 Å². The Morgan fingerprint density at radius 1 is 1.14 bits per heavy atom. The number of rotatable bonds is 8. The average molecular weight is 412 g/mol. The lowest BCUT2D eigenvalue weighted by Crippen LogP contribution is -2.15. The molecule has 29 heavy (non-hydrogen) atoms. The lowest BCUT2D eigenvalue weighted by Gasteiger charge is -2.11. The molecule has 1 heterocycles. The zero-order chi connectivity index (χ0) is 20.8. The fourth-order valence-electron chi connectivity index (χ4n) is 2.94. The van der Waals surface area contributed by atoms with Crippen LogP contribution in [0.4, 0.5) is 5.69 Å². The van der Waals surface area contributed by atoms with Gasteiger partial charge in [0.1, 0.15) is 0 Å². The summed E-state index contributed by atoms with van der Waals surface area (Å²) in [7, 11) is 0. The van der Waals surface area contributed by atoms with Gasteiger partial charge in [-0.25, -0.2) is 9.78 Å². The van der Waals surface area contributed by atoms with Crippen molar-refractivity contribution in [2.45, 2.75) is 32.5 Å². The van der Waals surface area contributed by atoms with Crippen LogP contribution in [0.15, 0.2) is 53.7 Å².